The number of halogens is 9. The van der Waals surface area contributed by atoms with Crippen LogP contribution in [0.1, 0.15) is 0 Å². The molecule has 0 heterocycles. The molecule has 18 heavy (non-hydrogen) atoms. The zero-order valence-electron chi connectivity index (χ0n) is 7.07. The fraction of sp³-hybridized carbons (Fsp3) is 1.00. The van der Waals surface area contributed by atoms with Crippen LogP contribution in [-0.4, -0.2) is 55.1 Å². The summed E-state index contributed by atoms with van der Waals surface area (Å²) in [4.78, 5) is 0. The van der Waals surface area contributed by atoms with Crippen LogP contribution in [0.4, 0.5) is 39.5 Å². The first-order valence-corrected chi connectivity index (χ1v) is 4.61. The van der Waals surface area contributed by atoms with Gasteiger partial charge < -0.3 is 0 Å². The van der Waals surface area contributed by atoms with Crippen LogP contribution in [0.5, 0.6) is 0 Å². The van der Waals surface area contributed by atoms with Crippen LogP contribution in [0.15, 0.2) is 0 Å². The zero-order valence-corrected chi connectivity index (χ0v) is 7.89. The Labute approximate surface area is 105 Å². The van der Waals surface area contributed by atoms with E-state index < -0.39 is 33.4 Å². The first-order valence-electron chi connectivity index (χ1n) is 3.17. The van der Waals surface area contributed by atoms with Crippen molar-refractivity contribution in [2.45, 2.75) is 23.3 Å². The molecule has 0 atom stereocenters. The van der Waals surface area contributed by atoms with Crippen LogP contribution in [0.2, 0.25) is 0 Å². The third-order valence-corrected chi connectivity index (χ3v) is 2.34. The van der Waals surface area contributed by atoms with Gasteiger partial charge in [0.2, 0.25) is 0 Å². The number of hydrogen-bond acceptors (Lipinski definition) is 2. The Morgan fingerprint density at radius 1 is 0.722 bits per heavy atom. The third kappa shape index (κ3) is 2.73. The average Bonchev–Trinajstić information content (AvgIpc) is 1.98. The predicted molar refractivity (Wildman–Crippen MR) is 39.6 cm³/mol. The third-order valence-electron chi connectivity index (χ3n) is 1.44. The van der Waals surface area contributed by atoms with E-state index in [-0.39, 0.29) is 18.9 Å². The summed E-state index contributed by atoms with van der Waals surface area (Å²) in [7, 11) is -7.17. The average molecular weight is 308 g/mol. The van der Waals surface area contributed by atoms with Gasteiger partial charge in [-0.15, -0.1) is 0 Å². The molecule has 0 rings (SSSR count). The minimum atomic E-state index is -7.37. The van der Waals surface area contributed by atoms with Crippen molar-refractivity contribution in [1.82, 2.24) is 0 Å². The van der Waals surface area contributed by atoms with Crippen molar-refractivity contribution in [3.8, 4) is 0 Å². The summed E-state index contributed by atoms with van der Waals surface area (Å²) in [5, 5.41) is -7.00. The summed E-state index contributed by atoms with van der Waals surface area (Å²) in [6.45, 7) is 0. The molecule has 3 nitrogen and oxygen atoms in total. The molecule has 0 fully saturated rings. The Morgan fingerprint density at radius 2 is 1.00 bits per heavy atom. The summed E-state index contributed by atoms with van der Waals surface area (Å²) >= 11 is 0. The maximum atomic E-state index is 12.2. The summed E-state index contributed by atoms with van der Waals surface area (Å²) in [6.07, 6.45) is -7.13. The molecule has 0 aromatic carbocycles. The first kappa shape index (κ1) is 20.2. The quantitative estimate of drug-likeness (QED) is 0.490. The Balaban J connectivity index is 0. The van der Waals surface area contributed by atoms with E-state index in [0.717, 1.165) is 0 Å². The molecule has 0 bridgehead atoms. The van der Waals surface area contributed by atoms with E-state index in [1.54, 1.807) is 0 Å². The van der Waals surface area contributed by atoms with Gasteiger partial charge in [0, 0.05) is 0 Å². The molecule has 0 unspecified atom stereocenters. The second kappa shape index (κ2) is 4.77. The van der Waals surface area contributed by atoms with Gasteiger partial charge in [-0.3, -0.25) is 4.55 Å². The van der Waals surface area contributed by atoms with Crippen LogP contribution in [0.25, 0.3) is 0 Å². The van der Waals surface area contributed by atoms with E-state index in [4.69, 9.17) is 4.55 Å². The van der Waals surface area contributed by atoms with Gasteiger partial charge in [-0.1, -0.05) is 0 Å². The van der Waals surface area contributed by atoms with Gasteiger partial charge in [-0.05, 0) is 0 Å². The molecule has 0 spiro atoms. The van der Waals surface area contributed by atoms with Gasteiger partial charge >= 0.3 is 52.3 Å². The van der Waals surface area contributed by atoms with Crippen molar-refractivity contribution in [2.75, 3.05) is 0 Å². The van der Waals surface area contributed by atoms with Crippen LogP contribution in [0.3, 0.4) is 0 Å². The number of hydrogen-bond donors (Lipinski definition) is 1. The Bertz CT molecular complexity index is 399. The predicted octanol–water partition coefficient (Wildman–Crippen LogP) is 1.65. The first-order chi connectivity index (χ1) is 7.00. The van der Waals surface area contributed by atoms with Crippen molar-refractivity contribution in [1.29, 1.82) is 0 Å². The topological polar surface area (TPSA) is 54.4 Å². The van der Waals surface area contributed by atoms with E-state index in [1.165, 1.54) is 0 Å². The molecule has 0 aliphatic carbocycles. The molecule has 0 aromatic rings. The molecule has 0 amide bonds. The maximum absolute atomic E-state index is 12.2. The molecule has 0 aliphatic rings. The van der Waals surface area contributed by atoms with Gasteiger partial charge in [-0.2, -0.15) is 47.9 Å². The Hall–Kier alpha value is -0.123. The fourth-order valence-corrected chi connectivity index (χ4v) is 0.975. The van der Waals surface area contributed by atoms with Crippen molar-refractivity contribution in [3.05, 3.63) is 0 Å². The van der Waals surface area contributed by atoms with E-state index in [9.17, 15) is 47.9 Å². The van der Waals surface area contributed by atoms with Crippen molar-refractivity contribution in [2.24, 2.45) is 0 Å². The molecule has 0 saturated heterocycles. The summed E-state index contributed by atoms with van der Waals surface area (Å²) < 4.78 is 134. The van der Waals surface area contributed by atoms with Crippen LogP contribution >= 0.6 is 0 Å². The monoisotopic (exact) mass is 308 g/mol. The van der Waals surface area contributed by atoms with Crippen LogP contribution in [0, 0.1) is 0 Å². The summed E-state index contributed by atoms with van der Waals surface area (Å²) in [5.41, 5.74) is 0. The molecular weight excluding hydrogens is 306 g/mol. The van der Waals surface area contributed by atoms with Crippen molar-refractivity contribution >= 4 is 29.0 Å². The Morgan fingerprint density at radius 3 is 1.17 bits per heavy atom. The SMILES string of the molecule is O=S(=O)(O)C(F)(F)C(F)(F)C(F)(F)C(F)(F)F.[LiH]. The van der Waals surface area contributed by atoms with Gasteiger partial charge in [0.15, 0.2) is 0 Å². The molecule has 0 radical (unpaired) electrons. The molecule has 1 N–H and O–H groups in total. The van der Waals surface area contributed by atoms with E-state index >= 15 is 0 Å². The van der Waals surface area contributed by atoms with E-state index in [1.807, 2.05) is 0 Å². The molecular formula is C4H2F9LiO3S. The van der Waals surface area contributed by atoms with Gasteiger partial charge in [0.25, 0.3) is 0 Å². The van der Waals surface area contributed by atoms with Crippen molar-refractivity contribution < 1.29 is 52.5 Å². The fourth-order valence-electron chi connectivity index (χ4n) is 0.523. The molecule has 106 valence electrons. The second-order valence-electron chi connectivity index (χ2n) is 2.64. The van der Waals surface area contributed by atoms with Crippen LogP contribution in [-0.2, 0) is 10.1 Å². The standard InChI is InChI=1S/C4HF9O3S.Li.H/c5-1(6,3(9,10)11)2(7,8)4(12,13)17(14,15)16;;/h(H,14,15,16);;. The van der Waals surface area contributed by atoms with Gasteiger partial charge in [0.05, 0.1) is 0 Å². The van der Waals surface area contributed by atoms with E-state index in [0.29, 0.717) is 0 Å². The summed E-state index contributed by atoms with van der Waals surface area (Å²) in [5.74, 6) is -14.7. The number of alkyl halides is 9. The molecule has 0 aliphatic heterocycles. The zero-order chi connectivity index (χ0) is 14.5. The molecule has 14 heteroatoms. The second-order valence-corrected chi connectivity index (χ2v) is 4.10. The van der Waals surface area contributed by atoms with E-state index in [2.05, 4.69) is 0 Å². The van der Waals surface area contributed by atoms with Crippen molar-refractivity contribution in [3.63, 3.8) is 0 Å². The molecule has 0 aromatic heterocycles. The number of rotatable bonds is 3. The van der Waals surface area contributed by atoms with Gasteiger partial charge in [0.1, 0.15) is 0 Å². The van der Waals surface area contributed by atoms with Gasteiger partial charge in [-0.25, -0.2) is 0 Å². The van der Waals surface area contributed by atoms with Crippen LogP contribution < -0.4 is 0 Å². The summed E-state index contributed by atoms with van der Waals surface area (Å²) in [6, 6.07) is 0. The molecule has 0 saturated carbocycles. The minimum absolute atomic E-state index is 0. The Kier molecular flexibility index (Phi) is 5.35. The normalized spacial score (nSPS) is 15.2.